The van der Waals surface area contributed by atoms with Gasteiger partial charge in [0.1, 0.15) is 23.1 Å². The van der Waals surface area contributed by atoms with Crippen molar-refractivity contribution in [1.29, 1.82) is 0 Å². The van der Waals surface area contributed by atoms with Crippen LogP contribution in [0.2, 0.25) is 0 Å². The molecule has 1 aliphatic rings. The van der Waals surface area contributed by atoms with Crippen molar-refractivity contribution in [1.82, 2.24) is 20.1 Å². The molecule has 0 amide bonds. The zero-order valence-corrected chi connectivity index (χ0v) is 14.4. The standard InChI is InChI=1S/C20H22N4O/c1-15-22-23-20-11-10-17(14-24(15)20)21-13-16-6-5-9-19(12-16)25-18-7-3-2-4-8-18/h2-9,12,17,21H,10-11,13-14H2,1H3/t17-/m1/s1. The van der Waals surface area contributed by atoms with Crippen molar-refractivity contribution in [3.8, 4) is 11.5 Å². The lowest BCUT2D eigenvalue weighted by Gasteiger charge is -2.25. The Bertz CT molecular complexity index is 844. The lowest BCUT2D eigenvalue weighted by Crippen LogP contribution is -2.37. The van der Waals surface area contributed by atoms with E-state index in [-0.39, 0.29) is 0 Å². The van der Waals surface area contributed by atoms with E-state index in [2.05, 4.69) is 32.2 Å². The van der Waals surface area contributed by atoms with E-state index in [4.69, 9.17) is 4.74 Å². The minimum Gasteiger partial charge on any atom is -0.457 e. The predicted molar refractivity (Wildman–Crippen MR) is 96.7 cm³/mol. The van der Waals surface area contributed by atoms with Gasteiger partial charge in [-0.05, 0) is 43.2 Å². The number of aromatic nitrogens is 3. The summed E-state index contributed by atoms with van der Waals surface area (Å²) in [5.74, 6) is 3.83. The molecule has 25 heavy (non-hydrogen) atoms. The van der Waals surface area contributed by atoms with Crippen LogP contribution in [-0.4, -0.2) is 20.8 Å². The molecule has 1 N–H and O–H groups in total. The Morgan fingerprint density at radius 3 is 2.80 bits per heavy atom. The Hall–Kier alpha value is -2.66. The van der Waals surface area contributed by atoms with Crippen LogP contribution in [-0.2, 0) is 19.5 Å². The lowest BCUT2D eigenvalue weighted by molar-refractivity contribution is 0.375. The van der Waals surface area contributed by atoms with Crippen molar-refractivity contribution in [3.05, 3.63) is 71.8 Å². The van der Waals surface area contributed by atoms with E-state index in [1.807, 2.05) is 49.4 Å². The van der Waals surface area contributed by atoms with Gasteiger partial charge in [-0.25, -0.2) is 0 Å². The second-order valence-corrected chi connectivity index (χ2v) is 6.45. The Balaban J connectivity index is 1.37. The Morgan fingerprint density at radius 2 is 1.92 bits per heavy atom. The lowest BCUT2D eigenvalue weighted by atomic mass is 10.1. The van der Waals surface area contributed by atoms with Crippen LogP contribution < -0.4 is 10.1 Å². The smallest absolute Gasteiger partial charge is 0.133 e. The number of aryl methyl sites for hydroxylation is 2. The fourth-order valence-corrected chi connectivity index (χ4v) is 3.23. The van der Waals surface area contributed by atoms with Gasteiger partial charge in [-0.3, -0.25) is 0 Å². The largest absolute Gasteiger partial charge is 0.457 e. The first-order chi connectivity index (χ1) is 12.3. The predicted octanol–water partition coefficient (Wildman–Crippen LogP) is 3.48. The van der Waals surface area contributed by atoms with E-state index in [0.29, 0.717) is 6.04 Å². The van der Waals surface area contributed by atoms with Gasteiger partial charge in [-0.15, -0.1) is 10.2 Å². The first-order valence-corrected chi connectivity index (χ1v) is 8.72. The summed E-state index contributed by atoms with van der Waals surface area (Å²) in [4.78, 5) is 0. The molecule has 0 saturated heterocycles. The number of hydrogen-bond donors (Lipinski definition) is 1. The molecule has 0 spiro atoms. The van der Waals surface area contributed by atoms with Crippen molar-refractivity contribution < 1.29 is 4.74 Å². The number of rotatable bonds is 5. The molecule has 2 heterocycles. The highest BCUT2D eigenvalue weighted by Crippen LogP contribution is 2.22. The highest BCUT2D eigenvalue weighted by molar-refractivity contribution is 5.33. The minimum atomic E-state index is 0.445. The topological polar surface area (TPSA) is 52.0 Å². The summed E-state index contributed by atoms with van der Waals surface area (Å²) < 4.78 is 8.13. The third kappa shape index (κ3) is 3.72. The summed E-state index contributed by atoms with van der Waals surface area (Å²) in [7, 11) is 0. The maximum absolute atomic E-state index is 5.91. The molecule has 5 nitrogen and oxygen atoms in total. The van der Waals surface area contributed by atoms with Crippen molar-refractivity contribution in [3.63, 3.8) is 0 Å². The highest BCUT2D eigenvalue weighted by Gasteiger charge is 2.20. The van der Waals surface area contributed by atoms with E-state index in [1.54, 1.807) is 0 Å². The van der Waals surface area contributed by atoms with Gasteiger partial charge in [0.2, 0.25) is 0 Å². The van der Waals surface area contributed by atoms with Gasteiger partial charge in [0, 0.05) is 25.6 Å². The Morgan fingerprint density at radius 1 is 1.08 bits per heavy atom. The number of ether oxygens (including phenoxy) is 1. The first kappa shape index (κ1) is 15.8. The average molecular weight is 334 g/mol. The number of hydrogen-bond acceptors (Lipinski definition) is 4. The molecular weight excluding hydrogens is 312 g/mol. The third-order valence-corrected chi connectivity index (χ3v) is 4.60. The maximum Gasteiger partial charge on any atom is 0.133 e. The second-order valence-electron chi connectivity index (χ2n) is 6.45. The molecule has 3 aromatic rings. The number of nitrogens with one attached hydrogen (secondary N) is 1. The van der Waals surface area contributed by atoms with Crippen LogP contribution in [0, 0.1) is 6.92 Å². The van der Waals surface area contributed by atoms with Gasteiger partial charge in [0.05, 0.1) is 0 Å². The van der Waals surface area contributed by atoms with E-state index in [1.165, 1.54) is 5.56 Å². The molecule has 0 aliphatic carbocycles. The van der Waals surface area contributed by atoms with Crippen molar-refractivity contribution in [2.24, 2.45) is 0 Å². The molecule has 1 aromatic heterocycles. The molecule has 4 rings (SSSR count). The zero-order chi connectivity index (χ0) is 17.1. The molecule has 0 radical (unpaired) electrons. The van der Waals surface area contributed by atoms with Gasteiger partial charge in [0.25, 0.3) is 0 Å². The maximum atomic E-state index is 5.91. The molecule has 1 aliphatic heterocycles. The molecule has 0 saturated carbocycles. The number of fused-ring (bicyclic) bond motifs is 1. The summed E-state index contributed by atoms with van der Waals surface area (Å²) in [6, 6.07) is 18.6. The summed E-state index contributed by atoms with van der Waals surface area (Å²) in [6.45, 7) is 3.78. The Kier molecular flexibility index (Phi) is 4.48. The molecule has 0 bridgehead atoms. The van der Waals surface area contributed by atoms with Crippen LogP contribution in [0.1, 0.15) is 23.6 Å². The first-order valence-electron chi connectivity index (χ1n) is 8.72. The third-order valence-electron chi connectivity index (χ3n) is 4.60. The summed E-state index contributed by atoms with van der Waals surface area (Å²) in [6.07, 6.45) is 2.08. The molecule has 5 heteroatoms. The summed E-state index contributed by atoms with van der Waals surface area (Å²) >= 11 is 0. The normalized spacial score (nSPS) is 16.4. The molecular formula is C20H22N4O. The Labute approximate surface area is 147 Å². The van der Waals surface area contributed by atoms with E-state index < -0.39 is 0 Å². The fourth-order valence-electron chi connectivity index (χ4n) is 3.23. The van der Waals surface area contributed by atoms with Crippen LogP contribution in [0.25, 0.3) is 0 Å². The van der Waals surface area contributed by atoms with Gasteiger partial charge in [-0.2, -0.15) is 0 Å². The van der Waals surface area contributed by atoms with Crippen LogP contribution in [0.3, 0.4) is 0 Å². The van der Waals surface area contributed by atoms with E-state index in [0.717, 1.165) is 49.1 Å². The quantitative estimate of drug-likeness (QED) is 0.776. The van der Waals surface area contributed by atoms with Crippen molar-refractivity contribution >= 4 is 0 Å². The highest BCUT2D eigenvalue weighted by atomic mass is 16.5. The monoisotopic (exact) mass is 334 g/mol. The van der Waals surface area contributed by atoms with Crippen LogP contribution in [0.15, 0.2) is 54.6 Å². The molecule has 2 aromatic carbocycles. The molecule has 1 atom stereocenters. The fraction of sp³-hybridized carbons (Fsp3) is 0.300. The van der Waals surface area contributed by atoms with Crippen LogP contribution in [0.4, 0.5) is 0 Å². The van der Waals surface area contributed by atoms with Crippen LogP contribution >= 0.6 is 0 Å². The van der Waals surface area contributed by atoms with Crippen LogP contribution in [0.5, 0.6) is 11.5 Å². The molecule has 0 unspecified atom stereocenters. The number of para-hydroxylation sites is 1. The summed E-state index contributed by atoms with van der Waals surface area (Å²) in [5.41, 5.74) is 1.22. The average Bonchev–Trinajstić information content (AvgIpc) is 3.02. The van der Waals surface area contributed by atoms with Gasteiger partial charge in [0.15, 0.2) is 0 Å². The van der Waals surface area contributed by atoms with Crippen molar-refractivity contribution in [2.45, 2.75) is 38.9 Å². The molecule has 128 valence electrons. The second kappa shape index (κ2) is 7.07. The van der Waals surface area contributed by atoms with Gasteiger partial charge < -0.3 is 14.6 Å². The van der Waals surface area contributed by atoms with Gasteiger partial charge >= 0.3 is 0 Å². The van der Waals surface area contributed by atoms with E-state index in [9.17, 15) is 0 Å². The van der Waals surface area contributed by atoms with Crippen molar-refractivity contribution in [2.75, 3.05) is 0 Å². The van der Waals surface area contributed by atoms with Gasteiger partial charge in [-0.1, -0.05) is 30.3 Å². The SMILES string of the molecule is Cc1nnc2n1C[C@H](NCc1cccc(Oc3ccccc3)c1)CC2. The number of nitrogens with zero attached hydrogens (tertiary/aromatic N) is 3. The molecule has 0 fully saturated rings. The summed E-state index contributed by atoms with van der Waals surface area (Å²) in [5, 5.41) is 12.1. The van der Waals surface area contributed by atoms with E-state index >= 15 is 0 Å². The zero-order valence-electron chi connectivity index (χ0n) is 14.4. The minimum absolute atomic E-state index is 0.445. The number of benzene rings is 2.